The highest BCUT2D eigenvalue weighted by molar-refractivity contribution is 6.01. The summed E-state index contributed by atoms with van der Waals surface area (Å²) in [5, 5.41) is 17.6. The van der Waals surface area contributed by atoms with E-state index in [-0.39, 0.29) is 23.8 Å². The van der Waals surface area contributed by atoms with Crippen LogP contribution < -0.4 is 16.0 Å². The van der Waals surface area contributed by atoms with Gasteiger partial charge in [0.05, 0.1) is 35.1 Å². The number of hydrogen-bond donors (Lipinski definition) is 3. The highest BCUT2D eigenvalue weighted by Crippen LogP contribution is 2.26. The maximum atomic E-state index is 13.4. The van der Waals surface area contributed by atoms with Gasteiger partial charge in [0.15, 0.2) is 0 Å². The third-order valence-electron chi connectivity index (χ3n) is 4.78. The summed E-state index contributed by atoms with van der Waals surface area (Å²) in [6.07, 6.45) is 1.94. The van der Waals surface area contributed by atoms with Crippen LogP contribution in [0.25, 0.3) is 11.3 Å². The lowest BCUT2D eigenvalue weighted by Gasteiger charge is -2.14. The molecule has 0 aliphatic heterocycles. The molecule has 1 aromatic heterocycles. The maximum absolute atomic E-state index is 13.4. The number of anilines is 1. The first-order valence-electron chi connectivity index (χ1n) is 9.98. The van der Waals surface area contributed by atoms with E-state index in [9.17, 15) is 19.2 Å². The van der Waals surface area contributed by atoms with Gasteiger partial charge >= 0.3 is 0 Å². The van der Waals surface area contributed by atoms with Crippen molar-refractivity contribution in [2.24, 2.45) is 0 Å². The first-order valence-corrected chi connectivity index (χ1v) is 9.98. The fourth-order valence-corrected chi connectivity index (χ4v) is 3.11. The van der Waals surface area contributed by atoms with Gasteiger partial charge in [-0.1, -0.05) is 30.3 Å². The second-order valence-electron chi connectivity index (χ2n) is 6.94. The van der Waals surface area contributed by atoms with Gasteiger partial charge in [0.1, 0.15) is 5.82 Å². The number of nitrogens with zero attached hydrogens (tertiary/aromatic N) is 2. The lowest BCUT2D eigenvalue weighted by Crippen LogP contribution is -2.35. The number of rotatable bonds is 8. The van der Waals surface area contributed by atoms with Gasteiger partial charge in [0.25, 0.3) is 5.91 Å². The van der Waals surface area contributed by atoms with Crippen molar-refractivity contribution in [3.63, 3.8) is 0 Å². The Morgan fingerprint density at radius 2 is 1.94 bits per heavy atom. The molecule has 0 spiro atoms. The minimum absolute atomic E-state index is 0.170. The average Bonchev–Trinajstić information content (AvgIpc) is 2.82. The van der Waals surface area contributed by atoms with Crippen LogP contribution in [0.15, 0.2) is 60.8 Å². The van der Waals surface area contributed by atoms with Crippen LogP contribution in [0.5, 0.6) is 0 Å². The molecular formula is C24H22FN5O2. The summed E-state index contributed by atoms with van der Waals surface area (Å²) in [6.45, 7) is 0.264. The molecule has 0 saturated carbocycles. The van der Waals surface area contributed by atoms with Gasteiger partial charge in [0, 0.05) is 25.4 Å². The van der Waals surface area contributed by atoms with E-state index < -0.39 is 5.91 Å². The molecule has 8 heteroatoms. The Morgan fingerprint density at radius 3 is 2.69 bits per heavy atom. The molecular weight excluding hydrogens is 409 g/mol. The zero-order chi connectivity index (χ0) is 22.9. The number of likely N-dealkylation sites (N-methyl/N-ethyl adjacent to an activating group) is 1. The number of nitrogens with one attached hydrogen (secondary N) is 3. The molecule has 7 nitrogen and oxygen atoms in total. The molecule has 0 bridgehead atoms. The van der Waals surface area contributed by atoms with Gasteiger partial charge in [-0.05, 0) is 36.2 Å². The van der Waals surface area contributed by atoms with Crippen LogP contribution in [0, 0.1) is 17.1 Å². The summed E-state index contributed by atoms with van der Waals surface area (Å²) in [7, 11) is 1.48. The Hall–Kier alpha value is -4.25. The van der Waals surface area contributed by atoms with E-state index in [2.05, 4.69) is 27.0 Å². The minimum atomic E-state index is -0.463. The largest absolute Gasteiger partial charge is 0.384 e. The Kier molecular flexibility index (Phi) is 7.49. The predicted octanol–water partition coefficient (Wildman–Crippen LogP) is 2.89. The van der Waals surface area contributed by atoms with E-state index in [1.807, 2.05) is 6.07 Å². The van der Waals surface area contributed by atoms with E-state index in [1.165, 1.54) is 25.4 Å². The van der Waals surface area contributed by atoms with Crippen molar-refractivity contribution in [1.29, 1.82) is 5.26 Å². The fraction of sp³-hybridized carbons (Fsp3) is 0.167. The van der Waals surface area contributed by atoms with Crippen LogP contribution in [-0.4, -0.2) is 36.9 Å². The molecule has 2 aromatic carbocycles. The molecule has 3 aromatic rings. The molecule has 2 amide bonds. The molecule has 0 atom stereocenters. The third kappa shape index (κ3) is 5.67. The molecule has 32 heavy (non-hydrogen) atoms. The lowest BCUT2D eigenvalue weighted by atomic mass is 10.0. The predicted molar refractivity (Wildman–Crippen MR) is 119 cm³/mol. The number of carbonyl (C=O) groups excluding carboxylic acids is 2. The van der Waals surface area contributed by atoms with Crippen molar-refractivity contribution in [1.82, 2.24) is 15.6 Å². The second kappa shape index (κ2) is 10.7. The summed E-state index contributed by atoms with van der Waals surface area (Å²) in [6, 6.07) is 17.2. The maximum Gasteiger partial charge on any atom is 0.255 e. The topological polar surface area (TPSA) is 107 Å². The van der Waals surface area contributed by atoms with E-state index in [0.717, 1.165) is 5.56 Å². The molecule has 0 unspecified atom stereocenters. The average molecular weight is 431 g/mol. The Morgan fingerprint density at radius 1 is 1.12 bits per heavy atom. The third-order valence-corrected chi connectivity index (χ3v) is 4.78. The van der Waals surface area contributed by atoms with Crippen molar-refractivity contribution in [2.45, 2.75) is 6.42 Å². The van der Waals surface area contributed by atoms with Crippen molar-refractivity contribution in [2.75, 3.05) is 25.5 Å². The van der Waals surface area contributed by atoms with Crippen molar-refractivity contribution < 1.29 is 14.0 Å². The molecule has 0 fully saturated rings. The highest BCUT2D eigenvalue weighted by atomic mass is 19.1. The van der Waals surface area contributed by atoms with Gasteiger partial charge in [-0.2, -0.15) is 5.26 Å². The summed E-state index contributed by atoms with van der Waals surface area (Å²) in [5.41, 5.74) is 3.19. The molecule has 3 N–H and O–H groups in total. The number of benzene rings is 2. The van der Waals surface area contributed by atoms with E-state index in [1.54, 1.807) is 36.4 Å². The van der Waals surface area contributed by atoms with Crippen molar-refractivity contribution in [3.05, 3.63) is 83.3 Å². The zero-order valence-corrected chi connectivity index (χ0v) is 17.5. The molecule has 3 rings (SSSR count). The number of aromatic nitrogens is 1. The molecule has 0 saturated heterocycles. The van der Waals surface area contributed by atoms with E-state index >= 15 is 0 Å². The van der Waals surface area contributed by atoms with Crippen LogP contribution in [0.1, 0.15) is 21.5 Å². The van der Waals surface area contributed by atoms with E-state index in [0.29, 0.717) is 35.5 Å². The van der Waals surface area contributed by atoms with Crippen molar-refractivity contribution >= 4 is 17.5 Å². The summed E-state index contributed by atoms with van der Waals surface area (Å²) < 4.78 is 13.4. The summed E-state index contributed by atoms with van der Waals surface area (Å²) in [5.74, 6) is -1.10. The van der Waals surface area contributed by atoms with Crippen LogP contribution in [0.2, 0.25) is 0 Å². The summed E-state index contributed by atoms with van der Waals surface area (Å²) in [4.78, 5) is 28.5. The van der Waals surface area contributed by atoms with Gasteiger partial charge < -0.3 is 16.0 Å². The zero-order valence-electron chi connectivity index (χ0n) is 17.5. The van der Waals surface area contributed by atoms with Gasteiger partial charge in [-0.15, -0.1) is 0 Å². The number of amides is 2. The van der Waals surface area contributed by atoms with E-state index in [4.69, 9.17) is 0 Å². The normalized spacial score (nSPS) is 10.2. The van der Waals surface area contributed by atoms with Crippen LogP contribution in [0.3, 0.4) is 0 Å². The molecule has 0 aliphatic carbocycles. The quantitative estimate of drug-likeness (QED) is 0.508. The second-order valence-corrected chi connectivity index (χ2v) is 6.94. The monoisotopic (exact) mass is 431 g/mol. The van der Waals surface area contributed by atoms with Crippen LogP contribution >= 0.6 is 0 Å². The van der Waals surface area contributed by atoms with Gasteiger partial charge in [-0.3, -0.25) is 14.6 Å². The molecule has 0 radical (unpaired) electrons. The number of nitriles is 1. The number of pyridine rings is 1. The fourth-order valence-electron chi connectivity index (χ4n) is 3.11. The first kappa shape index (κ1) is 22.4. The standard InChI is InChI=1S/C24H22FN5O2/c1-27-23(31)15-30-24(32)20-14-29-21(19-8-3-2-6-17(19)13-26)12-22(20)28-10-9-16-5-4-7-18(25)11-16/h2-8,11-12,14H,9-10,15H2,1H3,(H,27,31)(H,28,29)(H,30,32). The Labute approximate surface area is 185 Å². The number of carbonyl (C=O) groups is 2. The number of halogens is 1. The number of hydrogen-bond acceptors (Lipinski definition) is 5. The smallest absolute Gasteiger partial charge is 0.255 e. The van der Waals surface area contributed by atoms with Crippen molar-refractivity contribution in [3.8, 4) is 17.3 Å². The molecule has 162 valence electrons. The SMILES string of the molecule is CNC(=O)CNC(=O)c1cnc(-c2ccccc2C#N)cc1NCCc1cccc(F)c1. The molecule has 1 heterocycles. The lowest BCUT2D eigenvalue weighted by molar-refractivity contribution is -0.119. The first-order chi connectivity index (χ1) is 15.5. The van der Waals surface area contributed by atoms with Gasteiger partial charge in [0.2, 0.25) is 5.91 Å². The van der Waals surface area contributed by atoms with Crippen LogP contribution in [-0.2, 0) is 11.2 Å². The molecule has 0 aliphatic rings. The Balaban J connectivity index is 1.87. The van der Waals surface area contributed by atoms with Crippen LogP contribution in [0.4, 0.5) is 10.1 Å². The Bertz CT molecular complexity index is 1170. The van der Waals surface area contributed by atoms with Gasteiger partial charge in [-0.25, -0.2) is 4.39 Å². The minimum Gasteiger partial charge on any atom is -0.384 e. The highest BCUT2D eigenvalue weighted by Gasteiger charge is 2.16. The summed E-state index contributed by atoms with van der Waals surface area (Å²) >= 11 is 0.